The second-order valence-electron chi connectivity index (χ2n) is 2.24. The van der Waals surface area contributed by atoms with E-state index < -0.39 is 5.56 Å². The summed E-state index contributed by atoms with van der Waals surface area (Å²) in [6.07, 6.45) is 1.40. The number of ether oxygens (including phenoxy) is 1. The van der Waals surface area contributed by atoms with Gasteiger partial charge < -0.3 is 4.74 Å². The maximum atomic E-state index is 5.74. The van der Waals surface area contributed by atoms with Gasteiger partial charge in [0.15, 0.2) is 5.56 Å². The quantitative estimate of drug-likeness (QED) is 0.723. The number of hydrogen-bond acceptors (Lipinski definition) is 1. The van der Waals surface area contributed by atoms with Crippen LogP contribution in [-0.2, 0) is 0 Å². The molecular weight excluding hydrogens is 230 g/mol. The van der Waals surface area contributed by atoms with Crippen molar-refractivity contribution in [1.29, 1.82) is 0 Å². The Labute approximate surface area is 91.9 Å². The Bertz CT molecular complexity index is 280. The summed E-state index contributed by atoms with van der Waals surface area (Å²) in [5, 5.41) is 0. The zero-order chi connectivity index (χ0) is 9.68. The normalized spacial score (nSPS) is 11.9. The third-order valence-electron chi connectivity index (χ3n) is 1.25. The van der Waals surface area contributed by atoms with Gasteiger partial charge >= 0.3 is 0 Å². The lowest BCUT2D eigenvalue weighted by atomic mass is 10.3. The molecule has 0 aliphatic carbocycles. The van der Waals surface area contributed by atoms with Crippen molar-refractivity contribution in [1.82, 2.24) is 0 Å². The van der Waals surface area contributed by atoms with Crippen molar-refractivity contribution < 1.29 is 4.74 Å². The van der Waals surface area contributed by atoms with E-state index in [0.29, 0.717) is 5.75 Å². The molecule has 1 aromatic rings. The van der Waals surface area contributed by atoms with Crippen LogP contribution < -0.4 is 4.74 Å². The number of rotatable bonds is 3. The van der Waals surface area contributed by atoms with Gasteiger partial charge in [0.05, 0.1) is 0 Å². The monoisotopic (exact) mass is 236 g/mol. The third kappa shape index (κ3) is 4.41. The first-order valence-corrected chi connectivity index (χ1v) is 4.76. The van der Waals surface area contributed by atoms with Crippen molar-refractivity contribution in [3.8, 4) is 5.75 Å². The van der Waals surface area contributed by atoms with E-state index in [-0.39, 0.29) is 4.49 Å². The second kappa shape index (κ2) is 5.38. The van der Waals surface area contributed by atoms with Gasteiger partial charge in [-0.15, -0.1) is 0 Å². The van der Waals surface area contributed by atoms with Gasteiger partial charge in [-0.05, 0) is 12.1 Å². The smallest absolute Gasteiger partial charge is 0.193 e. The van der Waals surface area contributed by atoms with E-state index in [1.165, 1.54) is 6.08 Å². The van der Waals surface area contributed by atoms with Crippen LogP contribution in [0.4, 0.5) is 0 Å². The fraction of sp³-hybridized carbons (Fsp3) is 0.111. The van der Waals surface area contributed by atoms with Gasteiger partial charge in [-0.3, -0.25) is 0 Å². The Morgan fingerprint density at radius 3 is 2.38 bits per heavy atom. The van der Waals surface area contributed by atoms with E-state index in [4.69, 9.17) is 39.5 Å². The molecular formula is C9H7Cl3O. The number of benzene rings is 1. The summed E-state index contributed by atoms with van der Waals surface area (Å²) in [4.78, 5) is 0. The molecule has 0 amide bonds. The Balaban J connectivity index is 2.55. The largest absolute Gasteiger partial charge is 0.471 e. The molecule has 0 radical (unpaired) electrons. The number of hydrogen-bond donors (Lipinski definition) is 0. The first-order valence-electron chi connectivity index (χ1n) is 3.57. The van der Waals surface area contributed by atoms with Gasteiger partial charge in [0.25, 0.3) is 0 Å². The summed E-state index contributed by atoms with van der Waals surface area (Å²) in [5.41, 5.74) is -0.646. The van der Waals surface area contributed by atoms with Crippen molar-refractivity contribution >= 4 is 34.8 Å². The average molecular weight is 238 g/mol. The minimum absolute atomic E-state index is 0.0935. The van der Waals surface area contributed by atoms with Gasteiger partial charge in [-0.1, -0.05) is 53.0 Å². The highest BCUT2D eigenvalue weighted by molar-refractivity contribution is 6.56. The third-order valence-corrected chi connectivity index (χ3v) is 1.72. The van der Waals surface area contributed by atoms with Crippen LogP contribution >= 0.6 is 34.8 Å². The fourth-order valence-corrected chi connectivity index (χ4v) is 1.35. The number of para-hydroxylation sites is 1. The highest BCUT2D eigenvalue weighted by Gasteiger charge is 2.02. The van der Waals surface area contributed by atoms with Crippen LogP contribution in [-0.4, -0.2) is 5.56 Å². The molecule has 0 saturated heterocycles. The van der Waals surface area contributed by atoms with Gasteiger partial charge in [-0.2, -0.15) is 0 Å². The first kappa shape index (κ1) is 10.7. The van der Waals surface area contributed by atoms with E-state index in [0.717, 1.165) is 0 Å². The molecule has 0 N–H and O–H groups in total. The molecule has 4 heteroatoms. The molecule has 0 aliphatic rings. The fourth-order valence-electron chi connectivity index (χ4n) is 0.762. The predicted molar refractivity (Wildman–Crippen MR) is 56.5 cm³/mol. The molecule has 1 aromatic carbocycles. The maximum absolute atomic E-state index is 5.74. The topological polar surface area (TPSA) is 9.23 Å². The molecule has 70 valence electrons. The van der Waals surface area contributed by atoms with Crippen LogP contribution in [0.15, 0.2) is 40.9 Å². The summed E-state index contributed by atoms with van der Waals surface area (Å²) in [7, 11) is 0. The van der Waals surface area contributed by atoms with Crippen molar-refractivity contribution in [2.45, 2.75) is 5.56 Å². The van der Waals surface area contributed by atoms with Crippen LogP contribution in [0.3, 0.4) is 0 Å². The highest BCUT2D eigenvalue weighted by atomic mass is 35.5. The molecule has 1 rings (SSSR count). The molecule has 1 unspecified atom stereocenters. The number of halogens is 3. The number of alkyl halides is 1. The van der Waals surface area contributed by atoms with Gasteiger partial charge in [0, 0.05) is 6.08 Å². The maximum Gasteiger partial charge on any atom is 0.193 e. The summed E-state index contributed by atoms with van der Waals surface area (Å²) < 4.78 is 5.34. The van der Waals surface area contributed by atoms with Gasteiger partial charge in [-0.25, -0.2) is 0 Å². The minimum Gasteiger partial charge on any atom is -0.471 e. The minimum atomic E-state index is -0.646. The van der Waals surface area contributed by atoms with Crippen LogP contribution in [0.1, 0.15) is 0 Å². The summed E-state index contributed by atoms with van der Waals surface area (Å²) in [6.45, 7) is 0. The van der Waals surface area contributed by atoms with Gasteiger partial charge in [0.1, 0.15) is 10.2 Å². The Morgan fingerprint density at radius 2 is 1.85 bits per heavy atom. The van der Waals surface area contributed by atoms with E-state index in [1.807, 2.05) is 18.2 Å². The highest BCUT2D eigenvalue weighted by Crippen LogP contribution is 2.16. The van der Waals surface area contributed by atoms with E-state index >= 15 is 0 Å². The average Bonchev–Trinajstić information content (AvgIpc) is 2.04. The Morgan fingerprint density at radius 1 is 1.23 bits per heavy atom. The second-order valence-corrected chi connectivity index (χ2v) is 3.68. The first-order chi connectivity index (χ1) is 6.18. The molecule has 0 fully saturated rings. The van der Waals surface area contributed by atoms with Crippen molar-refractivity contribution in [3.63, 3.8) is 0 Å². The van der Waals surface area contributed by atoms with Crippen LogP contribution in [0.5, 0.6) is 5.75 Å². The SMILES string of the molecule is ClC(Cl)=CC(Cl)Oc1ccccc1. The van der Waals surface area contributed by atoms with Crippen molar-refractivity contribution in [3.05, 3.63) is 40.9 Å². The molecule has 1 nitrogen and oxygen atoms in total. The summed E-state index contributed by atoms with van der Waals surface area (Å²) in [5.74, 6) is 0.674. The van der Waals surface area contributed by atoms with Crippen LogP contribution in [0.25, 0.3) is 0 Å². The van der Waals surface area contributed by atoms with Crippen molar-refractivity contribution in [2.24, 2.45) is 0 Å². The van der Waals surface area contributed by atoms with Gasteiger partial charge in [0.2, 0.25) is 0 Å². The zero-order valence-corrected chi connectivity index (χ0v) is 8.85. The molecule has 0 bridgehead atoms. The lowest BCUT2D eigenvalue weighted by Gasteiger charge is -2.07. The molecule has 0 spiro atoms. The van der Waals surface area contributed by atoms with Crippen LogP contribution in [0, 0.1) is 0 Å². The van der Waals surface area contributed by atoms with Crippen molar-refractivity contribution in [2.75, 3.05) is 0 Å². The molecule has 0 aliphatic heterocycles. The standard InChI is InChI=1S/C9H7Cl3O/c10-8(11)6-9(12)13-7-4-2-1-3-5-7/h1-6,9H. The molecule has 1 atom stereocenters. The lowest BCUT2D eigenvalue weighted by molar-refractivity contribution is 0.326. The lowest BCUT2D eigenvalue weighted by Crippen LogP contribution is -2.04. The van der Waals surface area contributed by atoms with Crippen LogP contribution in [0.2, 0.25) is 0 Å². The molecule has 13 heavy (non-hydrogen) atoms. The summed E-state index contributed by atoms with van der Waals surface area (Å²) >= 11 is 16.5. The Hall–Kier alpha value is -0.370. The van der Waals surface area contributed by atoms with E-state index in [9.17, 15) is 0 Å². The molecule has 0 saturated carbocycles. The Kier molecular flexibility index (Phi) is 4.43. The summed E-state index contributed by atoms with van der Waals surface area (Å²) in [6, 6.07) is 9.19. The van der Waals surface area contributed by atoms with E-state index in [2.05, 4.69) is 0 Å². The van der Waals surface area contributed by atoms with E-state index in [1.54, 1.807) is 12.1 Å². The molecule has 0 heterocycles. The molecule has 0 aromatic heterocycles. The zero-order valence-electron chi connectivity index (χ0n) is 6.58. The predicted octanol–water partition coefficient (Wildman–Crippen LogP) is 3.95.